The first-order chi connectivity index (χ1) is 14.5. The van der Waals surface area contributed by atoms with Gasteiger partial charge in [0.25, 0.3) is 0 Å². The molecule has 1 N–H and O–H groups in total. The van der Waals surface area contributed by atoms with Gasteiger partial charge in [-0.1, -0.05) is 30.3 Å². The number of piperidine rings is 1. The number of nitrogens with zero attached hydrogens (tertiary/aromatic N) is 3. The predicted molar refractivity (Wildman–Crippen MR) is 114 cm³/mol. The summed E-state index contributed by atoms with van der Waals surface area (Å²) in [5, 5.41) is 2.99. The van der Waals surface area contributed by atoms with Crippen LogP contribution in [0.5, 0.6) is 0 Å². The number of carbonyl (C=O) groups is 1. The van der Waals surface area contributed by atoms with Crippen LogP contribution < -0.4 is 5.32 Å². The van der Waals surface area contributed by atoms with Crippen LogP contribution in [-0.2, 0) is 21.4 Å². The van der Waals surface area contributed by atoms with Crippen molar-refractivity contribution in [2.24, 2.45) is 5.92 Å². The smallest absolute Gasteiger partial charge is 0.243 e. The Labute approximate surface area is 176 Å². The summed E-state index contributed by atoms with van der Waals surface area (Å²) >= 11 is 0. The van der Waals surface area contributed by atoms with Crippen LogP contribution in [0.2, 0.25) is 0 Å². The fraction of sp³-hybridized carbons (Fsp3) is 0.273. The Morgan fingerprint density at radius 3 is 2.53 bits per heavy atom. The number of hydrogen-bond acceptors (Lipinski definition) is 4. The number of carbonyl (C=O) groups excluding carboxylic acids is 1. The highest BCUT2D eigenvalue weighted by Gasteiger charge is 2.32. The van der Waals surface area contributed by atoms with Crippen molar-refractivity contribution in [3.8, 4) is 0 Å². The van der Waals surface area contributed by atoms with Gasteiger partial charge in [0.2, 0.25) is 15.9 Å². The van der Waals surface area contributed by atoms with Crippen molar-refractivity contribution in [3.05, 3.63) is 78.9 Å². The zero-order valence-corrected chi connectivity index (χ0v) is 17.3. The summed E-state index contributed by atoms with van der Waals surface area (Å²) in [4.78, 5) is 17.1. The average Bonchev–Trinajstić information content (AvgIpc) is 3.28. The van der Waals surface area contributed by atoms with Crippen molar-refractivity contribution >= 4 is 21.6 Å². The van der Waals surface area contributed by atoms with Gasteiger partial charge in [-0.05, 0) is 42.7 Å². The minimum atomic E-state index is -3.51. The van der Waals surface area contributed by atoms with E-state index in [4.69, 9.17) is 0 Å². The molecule has 0 radical (unpaired) electrons. The first kappa shape index (κ1) is 20.3. The molecule has 3 aromatic rings. The van der Waals surface area contributed by atoms with E-state index in [2.05, 4.69) is 10.3 Å². The monoisotopic (exact) mass is 424 g/mol. The molecule has 1 amide bonds. The second-order valence-electron chi connectivity index (χ2n) is 7.42. The van der Waals surface area contributed by atoms with E-state index in [9.17, 15) is 13.2 Å². The lowest BCUT2D eigenvalue weighted by molar-refractivity contribution is -0.120. The van der Waals surface area contributed by atoms with Crippen molar-refractivity contribution in [1.29, 1.82) is 0 Å². The van der Waals surface area contributed by atoms with E-state index in [1.54, 1.807) is 42.9 Å². The lowest BCUT2D eigenvalue weighted by atomic mass is 9.97. The summed E-state index contributed by atoms with van der Waals surface area (Å²) in [5.74, 6) is -0.268. The van der Waals surface area contributed by atoms with Gasteiger partial charge in [0, 0.05) is 43.6 Å². The van der Waals surface area contributed by atoms with Crippen LogP contribution in [0.25, 0.3) is 0 Å². The van der Waals surface area contributed by atoms with Gasteiger partial charge in [0.15, 0.2) is 0 Å². The van der Waals surface area contributed by atoms with Crippen LogP contribution in [0.1, 0.15) is 18.4 Å². The van der Waals surface area contributed by atoms with Gasteiger partial charge in [-0.2, -0.15) is 4.31 Å². The normalized spacial score (nSPS) is 15.7. The topological polar surface area (TPSA) is 84.3 Å². The summed E-state index contributed by atoms with van der Waals surface area (Å²) in [6.07, 6.45) is 6.39. The maximum Gasteiger partial charge on any atom is 0.243 e. The average molecular weight is 425 g/mol. The Morgan fingerprint density at radius 1 is 1.07 bits per heavy atom. The Hall–Kier alpha value is -2.97. The molecule has 0 saturated carbocycles. The molecule has 0 unspecified atom stereocenters. The van der Waals surface area contributed by atoms with Crippen molar-refractivity contribution in [1.82, 2.24) is 13.9 Å². The molecule has 2 heterocycles. The zero-order valence-electron chi connectivity index (χ0n) is 16.5. The van der Waals surface area contributed by atoms with E-state index in [0.29, 0.717) is 37.4 Å². The number of anilines is 1. The molecule has 7 nitrogen and oxygen atoms in total. The third kappa shape index (κ3) is 4.60. The van der Waals surface area contributed by atoms with Crippen molar-refractivity contribution in [2.75, 3.05) is 18.4 Å². The summed E-state index contributed by atoms with van der Waals surface area (Å²) in [5.41, 5.74) is 1.81. The van der Waals surface area contributed by atoms with E-state index < -0.39 is 10.0 Å². The van der Waals surface area contributed by atoms with Crippen molar-refractivity contribution in [3.63, 3.8) is 0 Å². The molecular formula is C22H24N4O3S. The first-order valence-corrected chi connectivity index (χ1v) is 11.4. The second-order valence-corrected chi connectivity index (χ2v) is 9.35. The van der Waals surface area contributed by atoms with Gasteiger partial charge in [-0.3, -0.25) is 4.79 Å². The summed E-state index contributed by atoms with van der Waals surface area (Å²) in [6.45, 7) is 1.37. The molecule has 1 aliphatic heterocycles. The van der Waals surface area contributed by atoms with Gasteiger partial charge in [0.1, 0.15) is 0 Å². The predicted octanol–water partition coefficient (Wildman–Crippen LogP) is 2.97. The Bertz CT molecular complexity index is 1090. The number of aromatic nitrogens is 2. The van der Waals surface area contributed by atoms with Crippen LogP contribution >= 0.6 is 0 Å². The van der Waals surface area contributed by atoms with Crippen LogP contribution in [0.3, 0.4) is 0 Å². The molecule has 4 rings (SSSR count). The van der Waals surface area contributed by atoms with Crippen LogP contribution in [0.4, 0.5) is 5.69 Å². The Kier molecular flexibility index (Phi) is 5.96. The van der Waals surface area contributed by atoms with E-state index in [-0.39, 0.29) is 11.8 Å². The van der Waals surface area contributed by atoms with Crippen molar-refractivity contribution < 1.29 is 13.2 Å². The highest BCUT2D eigenvalue weighted by atomic mass is 32.2. The molecular weight excluding hydrogens is 400 g/mol. The summed E-state index contributed by atoms with van der Waals surface area (Å²) < 4.78 is 28.9. The molecule has 30 heavy (non-hydrogen) atoms. The van der Waals surface area contributed by atoms with Gasteiger partial charge in [-0.25, -0.2) is 13.4 Å². The Balaban J connectivity index is 1.35. The largest absolute Gasteiger partial charge is 0.333 e. The second kappa shape index (κ2) is 8.81. The molecule has 1 saturated heterocycles. The molecule has 0 spiro atoms. The van der Waals surface area contributed by atoms with E-state index in [1.807, 2.05) is 35.0 Å². The number of amides is 1. The molecule has 8 heteroatoms. The molecule has 156 valence electrons. The third-order valence-electron chi connectivity index (χ3n) is 5.32. The fourth-order valence-corrected chi connectivity index (χ4v) is 5.17. The molecule has 2 aromatic carbocycles. The molecule has 0 atom stereocenters. The zero-order chi connectivity index (χ0) is 21.0. The molecule has 1 aliphatic rings. The SMILES string of the molecule is O=C(Nc1cccc(Cn2ccnc2)c1)C1CCN(S(=O)(=O)c2ccccc2)CC1. The fourth-order valence-electron chi connectivity index (χ4n) is 3.68. The number of hydrogen-bond donors (Lipinski definition) is 1. The minimum absolute atomic E-state index is 0.0634. The molecule has 1 aromatic heterocycles. The highest BCUT2D eigenvalue weighted by Crippen LogP contribution is 2.25. The maximum absolute atomic E-state index is 12.7. The van der Waals surface area contributed by atoms with Gasteiger partial charge < -0.3 is 9.88 Å². The van der Waals surface area contributed by atoms with E-state index in [0.717, 1.165) is 11.3 Å². The van der Waals surface area contributed by atoms with E-state index in [1.165, 1.54) is 4.31 Å². The van der Waals surface area contributed by atoms with Crippen LogP contribution in [-0.4, -0.2) is 41.3 Å². The Morgan fingerprint density at radius 2 is 1.83 bits per heavy atom. The minimum Gasteiger partial charge on any atom is -0.333 e. The van der Waals surface area contributed by atoms with E-state index >= 15 is 0 Å². The number of rotatable bonds is 6. The lowest BCUT2D eigenvalue weighted by Gasteiger charge is -2.30. The van der Waals surface area contributed by atoms with Gasteiger partial charge >= 0.3 is 0 Å². The summed E-state index contributed by atoms with van der Waals surface area (Å²) in [7, 11) is -3.51. The van der Waals surface area contributed by atoms with Gasteiger partial charge in [-0.15, -0.1) is 0 Å². The third-order valence-corrected chi connectivity index (χ3v) is 7.24. The summed E-state index contributed by atoms with van der Waals surface area (Å²) in [6, 6.07) is 16.2. The first-order valence-electron chi connectivity index (χ1n) is 9.93. The van der Waals surface area contributed by atoms with Crippen LogP contribution in [0.15, 0.2) is 78.2 Å². The standard InChI is InChI=1S/C22H24N4O3S/c27-22(24-20-6-4-5-18(15-20)16-25-14-11-23-17-25)19-9-12-26(13-10-19)30(28,29)21-7-2-1-3-8-21/h1-8,11,14-15,17,19H,9-10,12-13,16H2,(H,24,27). The lowest BCUT2D eigenvalue weighted by Crippen LogP contribution is -2.41. The molecule has 0 bridgehead atoms. The number of sulfonamides is 1. The number of nitrogens with one attached hydrogen (secondary N) is 1. The maximum atomic E-state index is 12.7. The highest BCUT2D eigenvalue weighted by molar-refractivity contribution is 7.89. The molecule has 1 fully saturated rings. The van der Waals surface area contributed by atoms with Crippen molar-refractivity contribution in [2.45, 2.75) is 24.3 Å². The number of imidazole rings is 1. The quantitative estimate of drug-likeness (QED) is 0.659. The van der Waals surface area contributed by atoms with Crippen LogP contribution in [0, 0.1) is 5.92 Å². The molecule has 0 aliphatic carbocycles. The number of benzene rings is 2. The van der Waals surface area contributed by atoms with Gasteiger partial charge in [0.05, 0.1) is 11.2 Å².